The molecule has 0 fully saturated rings. The number of carbonyl (C=O) groups is 1. The van der Waals surface area contributed by atoms with E-state index in [1.807, 2.05) is 6.07 Å². The maximum atomic E-state index is 11.9. The third kappa shape index (κ3) is 5.37. The third-order valence-corrected chi connectivity index (χ3v) is 4.56. The second-order valence-corrected chi connectivity index (χ2v) is 7.16. The van der Waals surface area contributed by atoms with E-state index in [0.29, 0.717) is 18.0 Å². The van der Waals surface area contributed by atoms with Crippen molar-refractivity contribution in [3.05, 3.63) is 40.3 Å². The summed E-state index contributed by atoms with van der Waals surface area (Å²) in [5.74, 6) is 0.359. The van der Waals surface area contributed by atoms with Crippen molar-refractivity contribution in [2.45, 2.75) is 25.9 Å². The number of urea groups is 1. The van der Waals surface area contributed by atoms with Crippen LogP contribution < -0.4 is 10.6 Å². The number of aromatic nitrogens is 2. The van der Waals surface area contributed by atoms with Crippen LogP contribution >= 0.6 is 11.3 Å². The molecule has 0 bridgehead atoms. The fraction of sp³-hybridized carbons (Fsp3) is 0.500. The highest BCUT2D eigenvalue weighted by Crippen LogP contribution is 2.18. The van der Waals surface area contributed by atoms with Crippen molar-refractivity contribution in [1.82, 2.24) is 20.4 Å². The van der Waals surface area contributed by atoms with E-state index in [0.717, 1.165) is 6.42 Å². The van der Waals surface area contributed by atoms with E-state index in [2.05, 4.69) is 34.1 Å². The molecule has 23 heavy (non-hydrogen) atoms. The van der Waals surface area contributed by atoms with Crippen LogP contribution in [0.15, 0.2) is 29.9 Å². The highest BCUT2D eigenvalue weighted by Gasteiger charge is 2.25. The Hall–Kier alpha value is -1.86. The molecule has 2 aromatic rings. The summed E-state index contributed by atoms with van der Waals surface area (Å²) in [5.41, 5.74) is -0.472. The zero-order valence-corrected chi connectivity index (χ0v) is 14.6. The van der Waals surface area contributed by atoms with Gasteiger partial charge in [-0.15, -0.1) is 11.3 Å². The highest BCUT2D eigenvalue weighted by atomic mass is 32.1. The lowest BCUT2D eigenvalue weighted by Crippen LogP contribution is -2.44. The Morgan fingerprint density at radius 3 is 2.91 bits per heavy atom. The standard InChI is InChI=1S/C16H24N4O2S/c1-12(7-14-5-4-6-23-14)8-17-15(21)18-11-16(2,22)13-9-19-20(3)10-13/h4-6,9-10,12,22H,7-8,11H2,1-3H3,(H2,17,18,21)/t12-,16+/m0/s1. The maximum absolute atomic E-state index is 11.9. The van der Waals surface area contributed by atoms with Gasteiger partial charge < -0.3 is 15.7 Å². The van der Waals surface area contributed by atoms with E-state index in [-0.39, 0.29) is 12.6 Å². The molecule has 2 amide bonds. The monoisotopic (exact) mass is 336 g/mol. The van der Waals surface area contributed by atoms with Gasteiger partial charge in [-0.05, 0) is 30.7 Å². The van der Waals surface area contributed by atoms with Crippen LogP contribution in [-0.2, 0) is 19.1 Å². The van der Waals surface area contributed by atoms with Gasteiger partial charge in [0.15, 0.2) is 0 Å². The first-order valence-corrected chi connectivity index (χ1v) is 8.50. The van der Waals surface area contributed by atoms with Gasteiger partial charge in [-0.3, -0.25) is 4.68 Å². The van der Waals surface area contributed by atoms with Crippen LogP contribution in [-0.4, -0.2) is 34.0 Å². The summed E-state index contributed by atoms with van der Waals surface area (Å²) in [7, 11) is 1.79. The van der Waals surface area contributed by atoms with Gasteiger partial charge in [0, 0.05) is 30.2 Å². The molecule has 0 aromatic carbocycles. The fourth-order valence-corrected chi connectivity index (χ4v) is 3.10. The molecular weight excluding hydrogens is 312 g/mol. The second-order valence-electron chi connectivity index (χ2n) is 6.13. The number of amides is 2. The SMILES string of the molecule is C[C@H](CNC(=O)NC[C@@](C)(O)c1cnn(C)c1)Cc1cccs1. The van der Waals surface area contributed by atoms with Gasteiger partial charge in [0.05, 0.1) is 12.7 Å². The molecule has 0 radical (unpaired) electrons. The largest absolute Gasteiger partial charge is 0.383 e. The zero-order valence-electron chi connectivity index (χ0n) is 13.7. The molecule has 0 aliphatic carbocycles. The Morgan fingerprint density at radius 2 is 2.30 bits per heavy atom. The molecule has 7 heteroatoms. The van der Waals surface area contributed by atoms with Crippen LogP contribution in [0.2, 0.25) is 0 Å². The first-order valence-electron chi connectivity index (χ1n) is 7.62. The lowest BCUT2D eigenvalue weighted by atomic mass is 10.00. The first kappa shape index (κ1) is 17.5. The minimum atomic E-state index is -1.14. The normalized spacial score (nSPS) is 15.0. The van der Waals surface area contributed by atoms with E-state index in [4.69, 9.17) is 0 Å². The summed E-state index contributed by atoms with van der Waals surface area (Å²) in [6, 6.07) is 3.87. The van der Waals surface area contributed by atoms with Gasteiger partial charge in [-0.1, -0.05) is 13.0 Å². The third-order valence-electron chi connectivity index (χ3n) is 3.66. The predicted molar refractivity (Wildman–Crippen MR) is 91.4 cm³/mol. The zero-order chi connectivity index (χ0) is 16.9. The molecule has 126 valence electrons. The Bertz CT molecular complexity index is 622. The molecule has 2 aromatic heterocycles. The van der Waals surface area contributed by atoms with Gasteiger partial charge in [0.2, 0.25) is 0 Å². The molecule has 0 aliphatic heterocycles. The van der Waals surface area contributed by atoms with Crippen molar-refractivity contribution in [2.24, 2.45) is 13.0 Å². The van der Waals surface area contributed by atoms with Crippen molar-refractivity contribution in [2.75, 3.05) is 13.1 Å². The van der Waals surface area contributed by atoms with E-state index < -0.39 is 5.60 Å². The van der Waals surface area contributed by atoms with Crippen molar-refractivity contribution < 1.29 is 9.90 Å². The summed E-state index contributed by atoms with van der Waals surface area (Å²) < 4.78 is 1.62. The average Bonchev–Trinajstić information content (AvgIpc) is 3.15. The van der Waals surface area contributed by atoms with Crippen LogP contribution in [0.1, 0.15) is 24.3 Å². The summed E-state index contributed by atoms with van der Waals surface area (Å²) in [5, 5.41) is 22.1. The summed E-state index contributed by atoms with van der Waals surface area (Å²) in [6.07, 6.45) is 4.29. The average molecular weight is 336 g/mol. The first-order chi connectivity index (χ1) is 10.9. The molecule has 0 saturated carbocycles. The number of aryl methyl sites for hydroxylation is 1. The van der Waals surface area contributed by atoms with Gasteiger partial charge in [-0.25, -0.2) is 4.79 Å². The molecule has 2 heterocycles. The topological polar surface area (TPSA) is 79.2 Å². The molecule has 2 rings (SSSR count). The number of hydrogen-bond acceptors (Lipinski definition) is 4. The number of thiophene rings is 1. The molecule has 0 aliphatic rings. The van der Waals surface area contributed by atoms with Gasteiger partial charge in [0.1, 0.15) is 5.60 Å². The number of hydrogen-bond donors (Lipinski definition) is 3. The Balaban J connectivity index is 1.72. The smallest absolute Gasteiger partial charge is 0.314 e. The van der Waals surface area contributed by atoms with Crippen molar-refractivity contribution in [1.29, 1.82) is 0 Å². The van der Waals surface area contributed by atoms with Crippen LogP contribution in [0.3, 0.4) is 0 Å². The lowest BCUT2D eigenvalue weighted by molar-refractivity contribution is 0.0593. The van der Waals surface area contributed by atoms with E-state index >= 15 is 0 Å². The number of nitrogens with zero attached hydrogens (tertiary/aromatic N) is 2. The van der Waals surface area contributed by atoms with Crippen molar-refractivity contribution in [3.8, 4) is 0 Å². The second kappa shape index (κ2) is 7.61. The molecular formula is C16H24N4O2S. The number of carbonyl (C=O) groups excluding carboxylic acids is 1. The van der Waals surface area contributed by atoms with Crippen molar-refractivity contribution >= 4 is 17.4 Å². The van der Waals surface area contributed by atoms with E-state index in [1.54, 1.807) is 42.4 Å². The Labute approximate surface area is 140 Å². The molecule has 2 atom stereocenters. The summed E-state index contributed by atoms with van der Waals surface area (Å²) in [4.78, 5) is 13.2. The number of rotatable bonds is 7. The van der Waals surface area contributed by atoms with Crippen LogP contribution in [0.4, 0.5) is 4.79 Å². The van der Waals surface area contributed by atoms with Crippen LogP contribution in [0, 0.1) is 5.92 Å². The minimum Gasteiger partial charge on any atom is -0.383 e. The van der Waals surface area contributed by atoms with Crippen LogP contribution in [0.25, 0.3) is 0 Å². The number of aliphatic hydroxyl groups is 1. The maximum Gasteiger partial charge on any atom is 0.314 e. The van der Waals surface area contributed by atoms with Gasteiger partial charge in [0.25, 0.3) is 0 Å². The molecule has 6 nitrogen and oxygen atoms in total. The van der Waals surface area contributed by atoms with Gasteiger partial charge in [-0.2, -0.15) is 5.10 Å². The minimum absolute atomic E-state index is 0.129. The van der Waals surface area contributed by atoms with E-state index in [9.17, 15) is 9.90 Å². The van der Waals surface area contributed by atoms with E-state index in [1.165, 1.54) is 4.88 Å². The summed E-state index contributed by atoms with van der Waals surface area (Å²) >= 11 is 1.73. The van der Waals surface area contributed by atoms with Crippen LogP contribution in [0.5, 0.6) is 0 Å². The van der Waals surface area contributed by atoms with Gasteiger partial charge >= 0.3 is 6.03 Å². The molecule has 3 N–H and O–H groups in total. The number of nitrogens with one attached hydrogen (secondary N) is 2. The lowest BCUT2D eigenvalue weighted by Gasteiger charge is -2.22. The molecule has 0 saturated heterocycles. The molecule has 0 unspecified atom stereocenters. The fourth-order valence-electron chi connectivity index (χ4n) is 2.23. The summed E-state index contributed by atoms with van der Waals surface area (Å²) in [6.45, 7) is 4.48. The van der Waals surface area contributed by atoms with Crippen molar-refractivity contribution in [3.63, 3.8) is 0 Å². The Morgan fingerprint density at radius 1 is 1.52 bits per heavy atom. The quantitative estimate of drug-likeness (QED) is 0.722. The Kier molecular flexibility index (Phi) is 5.79. The molecule has 0 spiro atoms. The predicted octanol–water partition coefficient (Wildman–Crippen LogP) is 1.87. The highest BCUT2D eigenvalue weighted by molar-refractivity contribution is 7.09.